The van der Waals surface area contributed by atoms with E-state index in [1.807, 2.05) is 0 Å². The third kappa shape index (κ3) is 3.26. The number of rotatable bonds is 4. The predicted octanol–water partition coefficient (Wildman–Crippen LogP) is 3.13. The number of nitrogens with one attached hydrogen (secondary N) is 1. The molecule has 2 heteroatoms. The topological polar surface area (TPSA) is 15.3 Å². The lowest BCUT2D eigenvalue weighted by molar-refractivity contribution is 0.164. The zero-order chi connectivity index (χ0) is 12.9. The summed E-state index contributed by atoms with van der Waals surface area (Å²) in [7, 11) is 0. The molecule has 1 fully saturated rings. The molecule has 1 heterocycles. The third-order valence-corrected chi connectivity index (χ3v) is 4.39. The van der Waals surface area contributed by atoms with E-state index in [0.717, 1.165) is 13.1 Å². The Hall–Kier alpha value is -1.12. The summed E-state index contributed by atoms with van der Waals surface area (Å²) in [6.45, 7) is 4.60. The average molecular weight is 256 g/mol. The maximum Gasteiger partial charge on any atom is 0.0473 e. The zero-order valence-electron chi connectivity index (χ0n) is 11.6. The first-order valence-corrected chi connectivity index (χ1v) is 7.61. The summed E-state index contributed by atoms with van der Waals surface area (Å²) in [5.74, 6) is 0. The van der Waals surface area contributed by atoms with Crippen molar-refractivity contribution < 1.29 is 0 Å². The van der Waals surface area contributed by atoms with Gasteiger partial charge in [0.25, 0.3) is 0 Å². The lowest BCUT2D eigenvalue weighted by Gasteiger charge is -2.36. The second kappa shape index (κ2) is 6.36. The van der Waals surface area contributed by atoms with Crippen LogP contribution >= 0.6 is 0 Å². The number of hydrogen-bond acceptors (Lipinski definition) is 2. The van der Waals surface area contributed by atoms with E-state index in [4.69, 9.17) is 0 Å². The Labute approximate surface area is 116 Å². The van der Waals surface area contributed by atoms with E-state index in [2.05, 4.69) is 46.6 Å². The summed E-state index contributed by atoms with van der Waals surface area (Å²) in [6, 6.07) is 11.5. The minimum atomic E-state index is 0.553. The van der Waals surface area contributed by atoms with Crippen LogP contribution in [0.5, 0.6) is 0 Å². The van der Waals surface area contributed by atoms with Crippen LogP contribution in [0.4, 0.5) is 0 Å². The van der Waals surface area contributed by atoms with Crippen LogP contribution in [0.1, 0.15) is 37.3 Å². The summed E-state index contributed by atoms with van der Waals surface area (Å²) in [5.41, 5.74) is 3.14. The van der Waals surface area contributed by atoms with E-state index in [1.54, 1.807) is 5.57 Å². The summed E-state index contributed by atoms with van der Waals surface area (Å²) in [4.78, 5) is 2.66. The summed E-state index contributed by atoms with van der Waals surface area (Å²) >= 11 is 0. The molecule has 1 aliphatic heterocycles. The second-order valence-electron chi connectivity index (χ2n) is 5.67. The second-order valence-corrected chi connectivity index (χ2v) is 5.67. The van der Waals surface area contributed by atoms with Gasteiger partial charge < -0.3 is 5.32 Å². The monoisotopic (exact) mass is 256 g/mol. The van der Waals surface area contributed by atoms with Crippen molar-refractivity contribution in [2.45, 2.75) is 31.7 Å². The summed E-state index contributed by atoms with van der Waals surface area (Å²) in [5, 5.41) is 3.53. The lowest BCUT2D eigenvalue weighted by Crippen LogP contribution is -2.46. The highest BCUT2D eigenvalue weighted by atomic mass is 15.2. The van der Waals surface area contributed by atoms with Crippen LogP contribution in [0.3, 0.4) is 0 Å². The molecule has 1 atom stereocenters. The fraction of sp³-hybridized carbons (Fsp3) is 0.529. The maximum atomic E-state index is 3.53. The third-order valence-electron chi connectivity index (χ3n) is 4.39. The van der Waals surface area contributed by atoms with Crippen LogP contribution < -0.4 is 5.32 Å². The van der Waals surface area contributed by atoms with Gasteiger partial charge in [-0.25, -0.2) is 0 Å². The van der Waals surface area contributed by atoms with Crippen molar-refractivity contribution >= 4 is 0 Å². The van der Waals surface area contributed by atoms with E-state index in [9.17, 15) is 0 Å². The van der Waals surface area contributed by atoms with Gasteiger partial charge in [0.15, 0.2) is 0 Å². The molecule has 3 rings (SSSR count). The molecule has 0 bridgehead atoms. The Balaban J connectivity index is 1.63. The van der Waals surface area contributed by atoms with E-state index in [0.29, 0.717) is 6.04 Å². The first kappa shape index (κ1) is 12.9. The van der Waals surface area contributed by atoms with Crippen LogP contribution in [0.25, 0.3) is 0 Å². The van der Waals surface area contributed by atoms with E-state index < -0.39 is 0 Å². The molecule has 102 valence electrons. The molecule has 2 nitrogen and oxygen atoms in total. The van der Waals surface area contributed by atoms with Gasteiger partial charge in [-0.1, -0.05) is 42.0 Å². The van der Waals surface area contributed by atoms with Crippen LogP contribution in [0.2, 0.25) is 0 Å². The largest absolute Gasteiger partial charge is 0.314 e. The molecule has 1 aromatic carbocycles. The molecule has 1 unspecified atom stereocenters. The smallest absolute Gasteiger partial charge is 0.0473 e. The fourth-order valence-corrected chi connectivity index (χ4v) is 3.27. The van der Waals surface area contributed by atoms with Crippen molar-refractivity contribution in [3.8, 4) is 0 Å². The van der Waals surface area contributed by atoms with Crippen LogP contribution in [-0.2, 0) is 0 Å². The van der Waals surface area contributed by atoms with Crippen molar-refractivity contribution in [3.63, 3.8) is 0 Å². The summed E-state index contributed by atoms with van der Waals surface area (Å²) in [6.07, 6.45) is 7.74. The maximum absolute atomic E-state index is 3.53. The minimum Gasteiger partial charge on any atom is -0.314 e. The van der Waals surface area contributed by atoms with Crippen LogP contribution in [0.15, 0.2) is 42.0 Å². The first-order chi connectivity index (χ1) is 9.43. The molecule has 0 spiro atoms. The van der Waals surface area contributed by atoms with Crippen molar-refractivity contribution in [1.29, 1.82) is 0 Å². The van der Waals surface area contributed by atoms with Crippen LogP contribution in [0, 0.1) is 0 Å². The number of piperazine rings is 1. The van der Waals surface area contributed by atoms with Crippen LogP contribution in [-0.4, -0.2) is 31.1 Å². The quantitative estimate of drug-likeness (QED) is 0.833. The standard InChI is InChI=1S/C17H24N2/c1-2-8-16(9-3-1)17-14-18-11-13-19(17)12-10-15-6-4-5-7-15/h1-3,6,8-9,17-18H,4-5,7,10-14H2. The molecule has 1 N–H and O–H groups in total. The van der Waals surface area contributed by atoms with Gasteiger partial charge in [-0.3, -0.25) is 4.90 Å². The van der Waals surface area contributed by atoms with Gasteiger partial charge in [0.2, 0.25) is 0 Å². The molecule has 1 aromatic rings. The lowest BCUT2D eigenvalue weighted by atomic mass is 10.0. The normalized spacial score (nSPS) is 24.4. The van der Waals surface area contributed by atoms with E-state index >= 15 is 0 Å². The molecule has 19 heavy (non-hydrogen) atoms. The number of allylic oxidation sites excluding steroid dienone is 1. The fourth-order valence-electron chi connectivity index (χ4n) is 3.27. The first-order valence-electron chi connectivity index (χ1n) is 7.61. The zero-order valence-corrected chi connectivity index (χ0v) is 11.6. The van der Waals surface area contributed by atoms with Crippen molar-refractivity contribution in [2.75, 3.05) is 26.2 Å². The molecule has 2 aliphatic rings. The summed E-state index contributed by atoms with van der Waals surface area (Å²) < 4.78 is 0. The molecule has 0 saturated carbocycles. The van der Waals surface area contributed by atoms with E-state index in [-0.39, 0.29) is 0 Å². The predicted molar refractivity (Wildman–Crippen MR) is 80.2 cm³/mol. The number of nitrogens with zero attached hydrogens (tertiary/aromatic N) is 1. The molecule has 0 aromatic heterocycles. The molecular weight excluding hydrogens is 232 g/mol. The Morgan fingerprint density at radius 2 is 2.11 bits per heavy atom. The van der Waals surface area contributed by atoms with Crippen molar-refractivity contribution in [1.82, 2.24) is 10.2 Å². The Morgan fingerprint density at radius 3 is 2.89 bits per heavy atom. The Morgan fingerprint density at radius 1 is 1.21 bits per heavy atom. The van der Waals surface area contributed by atoms with Crippen molar-refractivity contribution in [2.24, 2.45) is 0 Å². The molecule has 1 aliphatic carbocycles. The van der Waals surface area contributed by atoms with Gasteiger partial charge in [0, 0.05) is 32.2 Å². The van der Waals surface area contributed by atoms with Crippen molar-refractivity contribution in [3.05, 3.63) is 47.5 Å². The highest BCUT2D eigenvalue weighted by Crippen LogP contribution is 2.25. The molecular formula is C17H24N2. The van der Waals surface area contributed by atoms with Gasteiger partial charge in [-0.2, -0.15) is 0 Å². The number of hydrogen-bond donors (Lipinski definition) is 1. The van der Waals surface area contributed by atoms with Gasteiger partial charge >= 0.3 is 0 Å². The van der Waals surface area contributed by atoms with E-state index in [1.165, 1.54) is 44.3 Å². The average Bonchev–Trinajstić information content (AvgIpc) is 3.00. The molecule has 0 amide bonds. The molecule has 0 radical (unpaired) electrons. The Bertz CT molecular complexity index is 424. The highest BCUT2D eigenvalue weighted by molar-refractivity contribution is 5.20. The number of benzene rings is 1. The van der Waals surface area contributed by atoms with Gasteiger partial charge in [0.05, 0.1) is 0 Å². The minimum absolute atomic E-state index is 0.553. The van der Waals surface area contributed by atoms with Gasteiger partial charge in [0.1, 0.15) is 0 Å². The highest BCUT2D eigenvalue weighted by Gasteiger charge is 2.23. The molecule has 1 saturated heterocycles. The van der Waals surface area contributed by atoms with Gasteiger partial charge in [-0.05, 0) is 31.2 Å². The Kier molecular flexibility index (Phi) is 4.31. The van der Waals surface area contributed by atoms with Gasteiger partial charge in [-0.15, -0.1) is 0 Å². The SMILES string of the molecule is C1=C(CCN2CCNCC2c2ccccc2)CCC1.